The molecule has 2 aliphatic rings. The summed E-state index contributed by atoms with van der Waals surface area (Å²) in [4.78, 5) is 37.8. The molecule has 4 amide bonds. The number of hydrogen-bond acceptors (Lipinski definition) is 3. The summed E-state index contributed by atoms with van der Waals surface area (Å²) in [7, 11) is 0. The Kier molecular flexibility index (Phi) is 5.45. The highest BCUT2D eigenvalue weighted by atomic mass is 79.9. The van der Waals surface area contributed by atoms with Gasteiger partial charge in [-0.05, 0) is 43.4 Å². The lowest BCUT2D eigenvalue weighted by atomic mass is 10.1. The second-order valence-electron chi connectivity index (χ2n) is 6.73. The SMILES string of the molecule is NC(=O)N(C[C@H]1CCN(C(=O)C2CC2)C1)NC(=O)c1ccc(Br)cc1F. The number of nitrogens with two attached hydrogens (primary N) is 1. The van der Waals surface area contributed by atoms with Crippen molar-refractivity contribution in [2.45, 2.75) is 19.3 Å². The molecule has 0 unspecified atom stereocenters. The van der Waals surface area contributed by atoms with Crippen molar-refractivity contribution in [1.29, 1.82) is 0 Å². The highest BCUT2D eigenvalue weighted by Gasteiger charge is 2.37. The predicted octanol–water partition coefficient (Wildman–Crippen LogP) is 1.87. The molecule has 2 fully saturated rings. The zero-order valence-electron chi connectivity index (χ0n) is 14.1. The third-order valence-electron chi connectivity index (χ3n) is 4.64. The van der Waals surface area contributed by atoms with E-state index in [1.807, 2.05) is 0 Å². The predicted molar refractivity (Wildman–Crippen MR) is 95.3 cm³/mol. The Balaban J connectivity index is 1.60. The fourth-order valence-corrected chi connectivity index (χ4v) is 3.41. The number of amides is 4. The maximum atomic E-state index is 13.9. The lowest BCUT2D eigenvalue weighted by Gasteiger charge is -2.24. The van der Waals surface area contributed by atoms with E-state index in [4.69, 9.17) is 5.73 Å². The summed E-state index contributed by atoms with van der Waals surface area (Å²) < 4.78 is 14.4. The largest absolute Gasteiger partial charge is 0.350 e. The van der Waals surface area contributed by atoms with E-state index in [2.05, 4.69) is 21.4 Å². The number of likely N-dealkylation sites (tertiary alicyclic amines) is 1. The van der Waals surface area contributed by atoms with Gasteiger partial charge in [-0.1, -0.05) is 15.9 Å². The summed E-state index contributed by atoms with van der Waals surface area (Å²) in [5, 5.41) is 0.986. The minimum atomic E-state index is -0.831. The molecule has 0 aromatic heterocycles. The van der Waals surface area contributed by atoms with Crippen LogP contribution in [0.5, 0.6) is 0 Å². The van der Waals surface area contributed by atoms with Crippen LogP contribution in [0, 0.1) is 17.7 Å². The number of halogens is 2. The Morgan fingerprint density at radius 3 is 2.65 bits per heavy atom. The maximum Gasteiger partial charge on any atom is 0.333 e. The van der Waals surface area contributed by atoms with Gasteiger partial charge < -0.3 is 10.6 Å². The molecule has 1 saturated carbocycles. The van der Waals surface area contributed by atoms with Crippen LogP contribution in [0.15, 0.2) is 22.7 Å². The van der Waals surface area contributed by atoms with Gasteiger partial charge in [-0.2, -0.15) is 0 Å². The number of primary amides is 1. The fraction of sp³-hybridized carbons (Fsp3) is 0.471. The van der Waals surface area contributed by atoms with Gasteiger partial charge in [-0.3, -0.25) is 15.0 Å². The summed E-state index contributed by atoms with van der Waals surface area (Å²) in [5.74, 6) is -1.12. The van der Waals surface area contributed by atoms with Crippen LogP contribution >= 0.6 is 15.9 Å². The molecule has 0 spiro atoms. The van der Waals surface area contributed by atoms with Crippen LogP contribution in [-0.2, 0) is 4.79 Å². The Labute approximate surface area is 158 Å². The molecule has 9 heteroatoms. The third kappa shape index (κ3) is 4.32. The lowest BCUT2D eigenvalue weighted by molar-refractivity contribution is -0.131. The quantitative estimate of drug-likeness (QED) is 0.719. The van der Waals surface area contributed by atoms with E-state index >= 15 is 0 Å². The van der Waals surface area contributed by atoms with Crippen molar-refractivity contribution in [1.82, 2.24) is 15.3 Å². The first-order chi connectivity index (χ1) is 12.3. The van der Waals surface area contributed by atoms with E-state index in [1.54, 1.807) is 4.90 Å². The molecule has 0 bridgehead atoms. The summed E-state index contributed by atoms with van der Waals surface area (Å²) in [5.41, 5.74) is 7.52. The van der Waals surface area contributed by atoms with E-state index in [0.717, 1.165) is 24.3 Å². The number of rotatable bonds is 4. The summed E-state index contributed by atoms with van der Waals surface area (Å²) in [6.45, 7) is 1.34. The first kappa shape index (κ1) is 18.6. The van der Waals surface area contributed by atoms with Crippen molar-refractivity contribution >= 4 is 33.8 Å². The topological polar surface area (TPSA) is 95.7 Å². The zero-order chi connectivity index (χ0) is 18.8. The average molecular weight is 427 g/mol. The first-order valence-electron chi connectivity index (χ1n) is 8.47. The van der Waals surface area contributed by atoms with Gasteiger partial charge in [0.1, 0.15) is 5.82 Å². The van der Waals surface area contributed by atoms with Crippen molar-refractivity contribution < 1.29 is 18.8 Å². The summed E-state index contributed by atoms with van der Waals surface area (Å²) >= 11 is 3.12. The van der Waals surface area contributed by atoms with E-state index in [0.29, 0.717) is 17.6 Å². The number of nitrogens with one attached hydrogen (secondary N) is 1. The number of hydrogen-bond donors (Lipinski definition) is 2. The zero-order valence-corrected chi connectivity index (χ0v) is 15.7. The first-order valence-corrected chi connectivity index (χ1v) is 9.26. The van der Waals surface area contributed by atoms with Crippen molar-refractivity contribution in [2.24, 2.45) is 17.6 Å². The highest BCUT2D eigenvalue weighted by molar-refractivity contribution is 9.10. The Hall–Kier alpha value is -2.16. The molecule has 26 heavy (non-hydrogen) atoms. The van der Waals surface area contributed by atoms with Crippen LogP contribution in [0.1, 0.15) is 29.6 Å². The smallest absolute Gasteiger partial charge is 0.333 e. The van der Waals surface area contributed by atoms with Crippen LogP contribution in [0.3, 0.4) is 0 Å². The van der Waals surface area contributed by atoms with Crippen molar-refractivity contribution in [3.05, 3.63) is 34.1 Å². The monoisotopic (exact) mass is 426 g/mol. The molecule has 0 radical (unpaired) electrons. The van der Waals surface area contributed by atoms with E-state index in [1.165, 1.54) is 18.2 Å². The van der Waals surface area contributed by atoms with Gasteiger partial charge in [0.15, 0.2) is 0 Å². The molecule has 1 saturated heterocycles. The minimum Gasteiger partial charge on any atom is -0.350 e. The van der Waals surface area contributed by atoms with Crippen LogP contribution in [0.25, 0.3) is 0 Å². The molecule has 1 aromatic rings. The third-order valence-corrected chi connectivity index (χ3v) is 5.14. The standard InChI is InChI=1S/C17H20BrFN4O3/c18-12-3-4-13(14(19)7-12)15(24)21-23(17(20)26)9-10-5-6-22(8-10)16(25)11-1-2-11/h3-4,7,10-11H,1-2,5-6,8-9H2,(H2,20,26)(H,21,24)/t10-/m0/s1. The van der Waals surface area contributed by atoms with Gasteiger partial charge in [-0.25, -0.2) is 14.2 Å². The number of urea groups is 1. The molecule has 1 aliphatic carbocycles. The Morgan fingerprint density at radius 2 is 2.04 bits per heavy atom. The second kappa shape index (κ2) is 7.61. The van der Waals surface area contributed by atoms with Crippen LogP contribution in [0.2, 0.25) is 0 Å². The Morgan fingerprint density at radius 1 is 1.31 bits per heavy atom. The van der Waals surface area contributed by atoms with E-state index in [-0.39, 0.29) is 29.9 Å². The van der Waals surface area contributed by atoms with Gasteiger partial charge in [-0.15, -0.1) is 0 Å². The molecule has 1 aromatic carbocycles. The molecule has 3 N–H and O–H groups in total. The fourth-order valence-electron chi connectivity index (χ4n) is 3.08. The normalized spacial score (nSPS) is 19.3. The minimum absolute atomic E-state index is 0.0141. The van der Waals surface area contributed by atoms with Crippen LogP contribution < -0.4 is 11.2 Å². The molecule has 140 valence electrons. The van der Waals surface area contributed by atoms with E-state index < -0.39 is 17.8 Å². The molecule has 7 nitrogen and oxygen atoms in total. The molecular weight excluding hydrogens is 407 g/mol. The lowest BCUT2D eigenvalue weighted by Crippen LogP contribution is -2.51. The maximum absolute atomic E-state index is 13.9. The van der Waals surface area contributed by atoms with Crippen LogP contribution in [0.4, 0.5) is 9.18 Å². The van der Waals surface area contributed by atoms with Crippen molar-refractivity contribution in [3.8, 4) is 0 Å². The number of nitrogens with zero attached hydrogens (tertiary/aromatic N) is 2. The summed E-state index contributed by atoms with van der Waals surface area (Å²) in [6, 6.07) is 3.19. The number of benzene rings is 1. The van der Waals surface area contributed by atoms with Gasteiger partial charge in [0.2, 0.25) is 5.91 Å². The van der Waals surface area contributed by atoms with Gasteiger partial charge in [0.25, 0.3) is 5.91 Å². The van der Waals surface area contributed by atoms with E-state index in [9.17, 15) is 18.8 Å². The molecule has 1 atom stereocenters. The van der Waals surface area contributed by atoms with Gasteiger partial charge in [0, 0.05) is 30.0 Å². The highest BCUT2D eigenvalue weighted by Crippen LogP contribution is 2.33. The van der Waals surface area contributed by atoms with Gasteiger partial charge in [0.05, 0.1) is 5.56 Å². The van der Waals surface area contributed by atoms with Gasteiger partial charge >= 0.3 is 6.03 Å². The molecule has 3 rings (SSSR count). The average Bonchev–Trinajstić information content (AvgIpc) is 3.32. The molecular formula is C17H20BrFN4O3. The molecule has 1 aliphatic heterocycles. The summed E-state index contributed by atoms with van der Waals surface area (Å²) in [6.07, 6.45) is 2.62. The van der Waals surface area contributed by atoms with Crippen LogP contribution in [-0.4, -0.2) is 47.4 Å². The number of carbonyl (C=O) groups is 3. The number of hydrazine groups is 1. The van der Waals surface area contributed by atoms with Crippen molar-refractivity contribution in [2.75, 3.05) is 19.6 Å². The van der Waals surface area contributed by atoms with Crippen molar-refractivity contribution in [3.63, 3.8) is 0 Å². The molecule has 1 heterocycles. The Bertz CT molecular complexity index is 741. The second-order valence-corrected chi connectivity index (χ2v) is 7.64. The number of carbonyl (C=O) groups excluding carboxylic acids is 3.